The summed E-state index contributed by atoms with van der Waals surface area (Å²) in [6.07, 6.45) is 4.55. The lowest BCUT2D eigenvalue weighted by Gasteiger charge is -2.40. The topological polar surface area (TPSA) is 121 Å². The Balaban J connectivity index is 0.000000458. The number of nitrogens with zero attached hydrogens (tertiary/aromatic N) is 3. The van der Waals surface area contributed by atoms with Gasteiger partial charge in [0.25, 0.3) is 0 Å². The quantitative estimate of drug-likeness (QED) is 0.474. The lowest BCUT2D eigenvalue weighted by atomic mass is 10.1. The van der Waals surface area contributed by atoms with Crippen LogP contribution in [0.4, 0.5) is 25.1 Å². The fraction of sp³-hybridized carbons (Fsp3) is 0.516. The highest BCUT2D eigenvalue weighted by molar-refractivity contribution is 6.39. The number of anilines is 2. The van der Waals surface area contributed by atoms with Gasteiger partial charge in [0.15, 0.2) is 11.6 Å². The van der Waals surface area contributed by atoms with Gasteiger partial charge in [-0.05, 0) is 77.5 Å². The summed E-state index contributed by atoms with van der Waals surface area (Å²) in [5.41, 5.74) is 0.303. The number of ether oxygens (including phenoxy) is 1. The highest BCUT2D eigenvalue weighted by Gasteiger charge is 2.49. The van der Waals surface area contributed by atoms with E-state index in [0.717, 1.165) is 43.4 Å². The molecule has 1 aliphatic heterocycles. The third-order valence-corrected chi connectivity index (χ3v) is 7.52. The molecule has 0 radical (unpaired) electrons. The second kappa shape index (κ2) is 12.6. The predicted molar refractivity (Wildman–Crippen MR) is 156 cm³/mol. The fourth-order valence-electron chi connectivity index (χ4n) is 4.72. The molecule has 2 aromatic rings. The second-order valence-corrected chi connectivity index (χ2v) is 12.6. The van der Waals surface area contributed by atoms with E-state index >= 15 is 0 Å². The van der Waals surface area contributed by atoms with E-state index in [1.165, 1.54) is 23.2 Å². The molecule has 5 rings (SSSR count). The number of hydrogen-bond acceptors (Lipinski definition) is 6. The molecule has 0 spiro atoms. The molecule has 2 saturated carbocycles. The minimum Gasteiger partial charge on any atom is -0.444 e. The Bertz CT molecular complexity index is 1370. The van der Waals surface area contributed by atoms with E-state index in [0.29, 0.717) is 31.1 Å². The van der Waals surface area contributed by atoms with Crippen LogP contribution in [0.2, 0.25) is 0 Å². The first kappa shape index (κ1) is 31.8. The van der Waals surface area contributed by atoms with Crippen LogP contribution in [0.25, 0.3) is 0 Å². The van der Waals surface area contributed by atoms with Crippen molar-refractivity contribution >= 4 is 35.3 Å². The predicted octanol–water partition coefficient (Wildman–Crippen LogP) is 5.07. The van der Waals surface area contributed by atoms with Gasteiger partial charge in [0.1, 0.15) is 11.4 Å². The van der Waals surface area contributed by atoms with Crippen molar-refractivity contribution in [2.75, 3.05) is 30.3 Å². The summed E-state index contributed by atoms with van der Waals surface area (Å²) in [4.78, 5) is 58.1. The SMILES string of the molecule is CC1CN(C(=O)C(=O)Nc2cnc(NC(=O)OC(C)(C)C)c(C3CC3)c2)CCN1C(=O)C1(C)CC1.Fc1ccccc1F. The van der Waals surface area contributed by atoms with E-state index < -0.39 is 35.1 Å². The number of pyridine rings is 1. The average Bonchev–Trinajstić information content (AvgIpc) is 3.87. The molecule has 10 nitrogen and oxygen atoms in total. The minimum atomic E-state index is -0.799. The number of aromatic nitrogens is 1. The van der Waals surface area contributed by atoms with Crippen LogP contribution in [0.3, 0.4) is 0 Å². The summed E-state index contributed by atoms with van der Waals surface area (Å²) in [5, 5.41) is 5.33. The summed E-state index contributed by atoms with van der Waals surface area (Å²) in [6.45, 7) is 10.3. The maximum absolute atomic E-state index is 12.8. The summed E-state index contributed by atoms with van der Waals surface area (Å²) < 4.78 is 29.2. The highest BCUT2D eigenvalue weighted by Crippen LogP contribution is 2.47. The molecule has 0 bridgehead atoms. The molecule has 12 heteroatoms. The zero-order chi connectivity index (χ0) is 31.5. The first-order chi connectivity index (χ1) is 20.2. The molecule has 43 heavy (non-hydrogen) atoms. The Morgan fingerprint density at radius 3 is 2.16 bits per heavy atom. The van der Waals surface area contributed by atoms with Crippen molar-refractivity contribution in [2.45, 2.75) is 77.9 Å². The summed E-state index contributed by atoms with van der Waals surface area (Å²) in [7, 11) is 0. The van der Waals surface area contributed by atoms with E-state index in [1.807, 2.05) is 18.7 Å². The molecular weight excluding hydrogens is 560 g/mol. The van der Waals surface area contributed by atoms with E-state index in [4.69, 9.17) is 4.74 Å². The minimum absolute atomic E-state index is 0.139. The van der Waals surface area contributed by atoms with Crippen LogP contribution >= 0.6 is 0 Å². The summed E-state index contributed by atoms with van der Waals surface area (Å²) >= 11 is 0. The maximum Gasteiger partial charge on any atom is 0.413 e. The van der Waals surface area contributed by atoms with Crippen molar-refractivity contribution in [1.29, 1.82) is 0 Å². The van der Waals surface area contributed by atoms with E-state index in [2.05, 4.69) is 15.6 Å². The molecule has 4 amide bonds. The molecular formula is C31H39F2N5O5. The van der Waals surface area contributed by atoms with Gasteiger partial charge < -0.3 is 19.9 Å². The zero-order valence-electron chi connectivity index (χ0n) is 25.2. The van der Waals surface area contributed by atoms with Crippen LogP contribution in [-0.4, -0.2) is 69.9 Å². The van der Waals surface area contributed by atoms with Crippen LogP contribution in [0.5, 0.6) is 0 Å². The van der Waals surface area contributed by atoms with Gasteiger partial charge in [0, 0.05) is 36.7 Å². The first-order valence-corrected chi connectivity index (χ1v) is 14.5. The van der Waals surface area contributed by atoms with Crippen molar-refractivity contribution < 1.29 is 32.7 Å². The van der Waals surface area contributed by atoms with Gasteiger partial charge in [-0.3, -0.25) is 19.7 Å². The Morgan fingerprint density at radius 1 is 1.02 bits per heavy atom. The number of benzene rings is 1. The van der Waals surface area contributed by atoms with Gasteiger partial charge in [-0.1, -0.05) is 19.1 Å². The number of carbonyl (C=O) groups is 4. The Hall–Kier alpha value is -4.09. The third-order valence-electron chi connectivity index (χ3n) is 7.52. The van der Waals surface area contributed by atoms with Gasteiger partial charge in [-0.2, -0.15) is 0 Å². The van der Waals surface area contributed by atoms with E-state index in [1.54, 1.807) is 26.8 Å². The van der Waals surface area contributed by atoms with Crippen molar-refractivity contribution in [2.24, 2.45) is 5.41 Å². The van der Waals surface area contributed by atoms with Crippen LogP contribution in [0.15, 0.2) is 36.5 Å². The molecule has 1 aromatic carbocycles. The third kappa shape index (κ3) is 8.48. The van der Waals surface area contributed by atoms with Crippen molar-refractivity contribution in [1.82, 2.24) is 14.8 Å². The van der Waals surface area contributed by atoms with Crippen molar-refractivity contribution in [3.05, 3.63) is 53.7 Å². The van der Waals surface area contributed by atoms with Crippen LogP contribution in [0.1, 0.15) is 71.8 Å². The summed E-state index contributed by atoms with van der Waals surface area (Å²) in [5.74, 6) is -2.21. The van der Waals surface area contributed by atoms with Crippen molar-refractivity contribution in [3.63, 3.8) is 0 Å². The molecule has 2 N–H and O–H groups in total. The molecule has 1 saturated heterocycles. The standard InChI is InChI=1S/C25H35N5O5.C6H4F2/c1-15-14-29(10-11-30(15)22(33)25(5)8-9-25)21(32)20(31)27-17-12-18(16-6-7-16)19(26-13-17)28-23(34)35-24(2,3)4;7-5-3-1-2-4-6(5)8/h12-13,15-16H,6-11,14H2,1-5H3,(H,27,31)(H,26,28,34);1-4H. The monoisotopic (exact) mass is 599 g/mol. The second-order valence-electron chi connectivity index (χ2n) is 12.6. The molecule has 1 aromatic heterocycles. The molecule has 1 atom stereocenters. The van der Waals surface area contributed by atoms with Gasteiger partial charge in [-0.25, -0.2) is 18.6 Å². The first-order valence-electron chi connectivity index (χ1n) is 14.5. The number of piperazine rings is 1. The molecule has 2 aliphatic carbocycles. The maximum atomic E-state index is 12.8. The number of rotatable bonds is 4. The van der Waals surface area contributed by atoms with E-state index in [9.17, 15) is 28.0 Å². The van der Waals surface area contributed by atoms with Crippen LogP contribution in [0, 0.1) is 17.0 Å². The average molecular weight is 600 g/mol. The lowest BCUT2D eigenvalue weighted by molar-refractivity contribution is -0.149. The number of carbonyl (C=O) groups excluding carboxylic acids is 4. The van der Waals surface area contributed by atoms with E-state index in [-0.39, 0.29) is 23.3 Å². The van der Waals surface area contributed by atoms with Crippen LogP contribution in [-0.2, 0) is 19.1 Å². The smallest absolute Gasteiger partial charge is 0.413 e. The van der Waals surface area contributed by atoms with Crippen molar-refractivity contribution in [3.8, 4) is 0 Å². The number of amides is 4. The number of nitrogens with one attached hydrogen (secondary N) is 2. The van der Waals surface area contributed by atoms with Gasteiger partial charge >= 0.3 is 17.9 Å². The van der Waals surface area contributed by atoms with Gasteiger partial charge in [0.2, 0.25) is 5.91 Å². The van der Waals surface area contributed by atoms with Gasteiger partial charge in [0.05, 0.1) is 11.9 Å². The number of halogens is 2. The Morgan fingerprint density at radius 2 is 1.65 bits per heavy atom. The van der Waals surface area contributed by atoms with Crippen LogP contribution < -0.4 is 10.6 Å². The zero-order valence-corrected chi connectivity index (χ0v) is 25.2. The highest BCUT2D eigenvalue weighted by atomic mass is 19.2. The molecule has 232 valence electrons. The Labute approximate surface area is 250 Å². The molecule has 3 fully saturated rings. The number of hydrogen-bond donors (Lipinski definition) is 2. The Kier molecular flexibility index (Phi) is 9.36. The fourth-order valence-corrected chi connectivity index (χ4v) is 4.72. The normalized spacial score (nSPS) is 19.0. The van der Waals surface area contributed by atoms with Gasteiger partial charge in [-0.15, -0.1) is 0 Å². The molecule has 1 unspecified atom stereocenters. The molecule has 2 heterocycles. The largest absolute Gasteiger partial charge is 0.444 e. The lowest BCUT2D eigenvalue weighted by Crippen LogP contribution is -2.58. The molecule has 3 aliphatic rings. The summed E-state index contributed by atoms with van der Waals surface area (Å²) in [6, 6.07) is 6.64.